The second-order valence-corrected chi connectivity index (χ2v) is 6.30. The summed E-state index contributed by atoms with van der Waals surface area (Å²) >= 11 is 0. The Labute approximate surface area is 156 Å². The fourth-order valence-corrected chi connectivity index (χ4v) is 2.69. The van der Waals surface area contributed by atoms with Crippen molar-refractivity contribution in [1.29, 1.82) is 0 Å². The minimum atomic E-state index is -0.542. The summed E-state index contributed by atoms with van der Waals surface area (Å²) in [4.78, 5) is 16.1. The van der Waals surface area contributed by atoms with Gasteiger partial charge < -0.3 is 10.2 Å². The molecule has 1 aromatic heterocycles. The van der Waals surface area contributed by atoms with Crippen LogP contribution in [0.2, 0.25) is 0 Å². The maximum absolute atomic E-state index is 12.2. The summed E-state index contributed by atoms with van der Waals surface area (Å²) in [6.45, 7) is 3.87. The van der Waals surface area contributed by atoms with Gasteiger partial charge in [0.15, 0.2) is 5.75 Å². The number of aromatic hydroxyl groups is 2. The molecule has 136 valence electrons. The summed E-state index contributed by atoms with van der Waals surface area (Å²) in [5, 5.41) is 30.1. The lowest BCUT2D eigenvalue weighted by atomic mass is 9.99. The fraction of sp³-hybridized carbons (Fsp3) is 0.143. The van der Waals surface area contributed by atoms with Crippen LogP contribution in [-0.2, 0) is 6.42 Å². The Hall–Kier alpha value is -3.54. The predicted molar refractivity (Wildman–Crippen MR) is 103 cm³/mol. The summed E-state index contributed by atoms with van der Waals surface area (Å²) in [5.41, 5.74) is 1.90. The standard InChI is InChI=1S/C21H19N3O3/c1-13(2)7-8-17-19(25)16-6-4-3-5-15(16)18(20(17)26)23-24-21(27)14-9-11-22-12-10-14/h3-7,9-12,25-26H,8H2,1-2H3. The lowest BCUT2D eigenvalue weighted by Crippen LogP contribution is -1.93. The second-order valence-electron chi connectivity index (χ2n) is 6.30. The van der Waals surface area contributed by atoms with E-state index in [1.807, 2.05) is 19.9 Å². The van der Waals surface area contributed by atoms with Crippen LogP contribution in [0.25, 0.3) is 10.8 Å². The molecule has 3 rings (SSSR count). The Morgan fingerprint density at radius 3 is 2.37 bits per heavy atom. The highest BCUT2D eigenvalue weighted by Gasteiger charge is 2.18. The first-order valence-electron chi connectivity index (χ1n) is 8.44. The molecule has 1 amide bonds. The van der Waals surface area contributed by atoms with Crippen LogP contribution in [0.4, 0.5) is 5.69 Å². The Balaban J connectivity index is 2.12. The zero-order valence-electron chi connectivity index (χ0n) is 15.0. The molecule has 2 N–H and O–H groups in total. The van der Waals surface area contributed by atoms with Crippen molar-refractivity contribution in [2.45, 2.75) is 20.3 Å². The lowest BCUT2D eigenvalue weighted by molar-refractivity contribution is 0.0995. The van der Waals surface area contributed by atoms with E-state index < -0.39 is 5.91 Å². The number of hydrogen-bond donors (Lipinski definition) is 2. The van der Waals surface area contributed by atoms with Crippen molar-refractivity contribution in [3.05, 3.63) is 71.6 Å². The van der Waals surface area contributed by atoms with E-state index in [0.29, 0.717) is 28.3 Å². The molecule has 1 heterocycles. The van der Waals surface area contributed by atoms with Gasteiger partial charge in [-0.05, 0) is 32.4 Å². The highest BCUT2D eigenvalue weighted by atomic mass is 16.3. The van der Waals surface area contributed by atoms with Gasteiger partial charge in [-0.15, -0.1) is 10.2 Å². The van der Waals surface area contributed by atoms with Crippen molar-refractivity contribution in [2.75, 3.05) is 0 Å². The smallest absolute Gasteiger partial charge is 0.295 e. The molecule has 0 fully saturated rings. The number of amides is 1. The SMILES string of the molecule is CC(C)=CCc1c(O)c(N=NC(=O)c2ccncc2)c2ccccc2c1O. The molecular formula is C21H19N3O3. The van der Waals surface area contributed by atoms with E-state index in [1.54, 1.807) is 24.3 Å². The number of nitrogens with zero attached hydrogens (tertiary/aromatic N) is 3. The molecule has 0 saturated heterocycles. The van der Waals surface area contributed by atoms with Crippen molar-refractivity contribution in [2.24, 2.45) is 10.2 Å². The molecule has 0 aliphatic heterocycles. The highest BCUT2D eigenvalue weighted by molar-refractivity contribution is 6.01. The van der Waals surface area contributed by atoms with E-state index in [2.05, 4.69) is 15.2 Å². The maximum atomic E-state index is 12.2. The van der Waals surface area contributed by atoms with Gasteiger partial charge in [0, 0.05) is 34.3 Å². The van der Waals surface area contributed by atoms with E-state index in [-0.39, 0.29) is 17.2 Å². The number of aromatic nitrogens is 1. The first-order chi connectivity index (χ1) is 13.0. The topological polar surface area (TPSA) is 95.1 Å². The first kappa shape index (κ1) is 18.3. The van der Waals surface area contributed by atoms with Crippen LogP contribution in [0.1, 0.15) is 29.8 Å². The minimum absolute atomic E-state index is 0.00000952. The Bertz CT molecular complexity index is 1050. The van der Waals surface area contributed by atoms with Gasteiger partial charge in [0.2, 0.25) is 0 Å². The molecule has 3 aromatic rings. The Morgan fingerprint density at radius 2 is 1.70 bits per heavy atom. The lowest BCUT2D eigenvalue weighted by Gasteiger charge is -2.12. The van der Waals surface area contributed by atoms with Crippen molar-refractivity contribution < 1.29 is 15.0 Å². The number of phenolic OH excluding ortho intramolecular Hbond substituents is 2. The summed E-state index contributed by atoms with van der Waals surface area (Å²) in [6, 6.07) is 10.1. The molecule has 27 heavy (non-hydrogen) atoms. The number of rotatable bonds is 4. The number of carbonyl (C=O) groups excluding carboxylic acids is 1. The second kappa shape index (κ2) is 7.78. The van der Waals surface area contributed by atoms with Crippen LogP contribution in [0.3, 0.4) is 0 Å². The van der Waals surface area contributed by atoms with Gasteiger partial charge in [-0.3, -0.25) is 9.78 Å². The van der Waals surface area contributed by atoms with Crippen molar-refractivity contribution in [3.63, 3.8) is 0 Å². The first-order valence-corrected chi connectivity index (χ1v) is 8.44. The average Bonchev–Trinajstić information content (AvgIpc) is 2.68. The number of pyridine rings is 1. The molecule has 0 unspecified atom stereocenters. The molecule has 0 bridgehead atoms. The van der Waals surface area contributed by atoms with E-state index in [4.69, 9.17) is 0 Å². The average molecular weight is 361 g/mol. The molecule has 0 radical (unpaired) electrons. The third-order valence-corrected chi connectivity index (χ3v) is 4.12. The van der Waals surface area contributed by atoms with Gasteiger partial charge in [-0.2, -0.15) is 0 Å². The Kier molecular flexibility index (Phi) is 5.26. The number of azo groups is 1. The summed E-state index contributed by atoms with van der Waals surface area (Å²) in [5.74, 6) is -0.727. The highest BCUT2D eigenvalue weighted by Crippen LogP contribution is 2.45. The van der Waals surface area contributed by atoms with Crippen molar-refractivity contribution in [3.8, 4) is 11.5 Å². The number of fused-ring (bicyclic) bond motifs is 1. The number of phenols is 2. The van der Waals surface area contributed by atoms with Gasteiger partial charge in [0.05, 0.1) is 0 Å². The van der Waals surface area contributed by atoms with Crippen LogP contribution in [-0.4, -0.2) is 21.1 Å². The van der Waals surface area contributed by atoms with Crippen LogP contribution < -0.4 is 0 Å². The number of allylic oxidation sites excluding steroid dienone is 2. The van der Waals surface area contributed by atoms with Gasteiger partial charge in [-0.1, -0.05) is 35.9 Å². The van der Waals surface area contributed by atoms with Gasteiger partial charge in [-0.25, -0.2) is 0 Å². The molecule has 0 atom stereocenters. The predicted octanol–water partition coefficient (Wildman–Crippen LogP) is 5.08. The van der Waals surface area contributed by atoms with Crippen LogP contribution in [0.5, 0.6) is 11.5 Å². The van der Waals surface area contributed by atoms with E-state index in [0.717, 1.165) is 5.57 Å². The van der Waals surface area contributed by atoms with E-state index in [9.17, 15) is 15.0 Å². The van der Waals surface area contributed by atoms with Crippen molar-refractivity contribution >= 4 is 22.4 Å². The molecule has 0 spiro atoms. The number of benzene rings is 2. The fourth-order valence-electron chi connectivity index (χ4n) is 2.69. The third kappa shape index (κ3) is 3.84. The quantitative estimate of drug-likeness (QED) is 0.500. The summed E-state index contributed by atoms with van der Waals surface area (Å²) in [7, 11) is 0. The van der Waals surface area contributed by atoms with Crippen molar-refractivity contribution in [1.82, 2.24) is 4.98 Å². The molecule has 6 heteroatoms. The van der Waals surface area contributed by atoms with Crippen LogP contribution in [0.15, 0.2) is 70.7 Å². The molecule has 6 nitrogen and oxygen atoms in total. The molecular weight excluding hydrogens is 342 g/mol. The molecule has 2 aromatic carbocycles. The maximum Gasteiger partial charge on any atom is 0.295 e. The normalized spacial score (nSPS) is 11.0. The van der Waals surface area contributed by atoms with Gasteiger partial charge in [0.1, 0.15) is 11.4 Å². The van der Waals surface area contributed by atoms with E-state index >= 15 is 0 Å². The summed E-state index contributed by atoms with van der Waals surface area (Å²) < 4.78 is 0. The number of carbonyl (C=O) groups is 1. The summed E-state index contributed by atoms with van der Waals surface area (Å²) in [6.07, 6.45) is 5.22. The zero-order valence-corrected chi connectivity index (χ0v) is 15.0. The zero-order chi connectivity index (χ0) is 19.4. The molecule has 0 saturated carbocycles. The molecule has 0 aliphatic rings. The van der Waals surface area contributed by atoms with Gasteiger partial charge >= 0.3 is 0 Å². The molecule has 0 aliphatic carbocycles. The van der Waals surface area contributed by atoms with Crippen LogP contribution in [0, 0.1) is 0 Å². The van der Waals surface area contributed by atoms with E-state index in [1.165, 1.54) is 24.5 Å². The van der Waals surface area contributed by atoms with Gasteiger partial charge in [0.25, 0.3) is 5.91 Å². The Morgan fingerprint density at radius 1 is 1.04 bits per heavy atom. The minimum Gasteiger partial charge on any atom is -0.507 e. The monoisotopic (exact) mass is 361 g/mol. The number of hydrogen-bond acceptors (Lipinski definition) is 5. The third-order valence-electron chi connectivity index (χ3n) is 4.12. The largest absolute Gasteiger partial charge is 0.507 e. The van der Waals surface area contributed by atoms with Crippen LogP contribution >= 0.6 is 0 Å².